The molecule has 4 heterocycles. The summed E-state index contributed by atoms with van der Waals surface area (Å²) in [4.78, 5) is 16.1. The highest BCUT2D eigenvalue weighted by atomic mass is 16.7. The molecule has 0 saturated heterocycles. The fraction of sp³-hybridized carbons (Fsp3) is 0.188. The van der Waals surface area contributed by atoms with E-state index < -0.39 is 0 Å². The standard InChI is InChI=1S/C32H29N5O3/c1-3-22-11-13-23(14-12-22)30-27-10-7-17-35(27)31-26(21(2)34-37(31)25-8-5-4-6-9-25)19-36(30)32(38)33-24-15-16-28-29(18-24)40-20-39-28/h4-18,30H,3,19-20H2,1-2H3,(H,33,38). The predicted octanol–water partition coefficient (Wildman–Crippen LogP) is 6.40. The summed E-state index contributed by atoms with van der Waals surface area (Å²) in [6, 6.07) is 27.7. The van der Waals surface area contributed by atoms with Crippen molar-refractivity contribution in [3.05, 3.63) is 119 Å². The summed E-state index contributed by atoms with van der Waals surface area (Å²) in [5, 5.41) is 8.05. The van der Waals surface area contributed by atoms with Crippen LogP contribution in [0.5, 0.6) is 11.5 Å². The second-order valence-electron chi connectivity index (χ2n) is 10.1. The lowest BCUT2D eigenvalue weighted by atomic mass is 9.99. The Kier molecular flexibility index (Phi) is 5.81. The van der Waals surface area contributed by atoms with Gasteiger partial charge in [0.25, 0.3) is 0 Å². The number of rotatable bonds is 4. The number of para-hydroxylation sites is 1. The maximum atomic E-state index is 14.2. The molecule has 7 rings (SSSR count). The first kappa shape index (κ1) is 24.1. The highest BCUT2D eigenvalue weighted by molar-refractivity contribution is 5.90. The lowest BCUT2D eigenvalue weighted by molar-refractivity contribution is 0.174. The van der Waals surface area contributed by atoms with Crippen molar-refractivity contribution in [3.8, 4) is 23.0 Å². The monoisotopic (exact) mass is 531 g/mol. The summed E-state index contributed by atoms with van der Waals surface area (Å²) in [5.41, 5.74) is 6.76. The molecule has 0 radical (unpaired) electrons. The third kappa shape index (κ3) is 4.00. The van der Waals surface area contributed by atoms with Gasteiger partial charge in [-0.1, -0.05) is 49.4 Å². The van der Waals surface area contributed by atoms with Crippen LogP contribution in [0, 0.1) is 6.92 Å². The van der Waals surface area contributed by atoms with Crippen molar-refractivity contribution in [2.75, 3.05) is 12.1 Å². The smallest absolute Gasteiger partial charge is 0.322 e. The Morgan fingerprint density at radius 1 is 0.975 bits per heavy atom. The predicted molar refractivity (Wildman–Crippen MR) is 152 cm³/mol. The summed E-state index contributed by atoms with van der Waals surface area (Å²) < 4.78 is 15.1. The Morgan fingerprint density at radius 2 is 1.77 bits per heavy atom. The minimum absolute atomic E-state index is 0.180. The van der Waals surface area contributed by atoms with Gasteiger partial charge in [-0.05, 0) is 60.9 Å². The van der Waals surface area contributed by atoms with Gasteiger partial charge in [-0.3, -0.25) is 0 Å². The third-order valence-corrected chi connectivity index (χ3v) is 7.68. The molecule has 2 aliphatic rings. The van der Waals surface area contributed by atoms with E-state index in [9.17, 15) is 4.79 Å². The average molecular weight is 532 g/mol. The Morgan fingerprint density at radius 3 is 2.58 bits per heavy atom. The van der Waals surface area contributed by atoms with Crippen LogP contribution in [0.15, 0.2) is 91.1 Å². The first-order valence-corrected chi connectivity index (χ1v) is 13.5. The first-order valence-electron chi connectivity index (χ1n) is 13.5. The molecule has 0 spiro atoms. The highest BCUT2D eigenvalue weighted by Crippen LogP contribution is 2.39. The van der Waals surface area contributed by atoms with Crippen molar-refractivity contribution in [1.82, 2.24) is 19.2 Å². The zero-order chi connectivity index (χ0) is 27.2. The van der Waals surface area contributed by atoms with Gasteiger partial charge < -0.3 is 24.3 Å². The van der Waals surface area contributed by atoms with Crippen molar-refractivity contribution >= 4 is 11.7 Å². The van der Waals surface area contributed by atoms with Gasteiger partial charge in [0.05, 0.1) is 29.7 Å². The average Bonchev–Trinajstić information content (AvgIpc) is 3.70. The van der Waals surface area contributed by atoms with E-state index in [1.165, 1.54) is 5.56 Å². The quantitative estimate of drug-likeness (QED) is 0.291. The molecule has 200 valence electrons. The molecule has 2 aromatic heterocycles. The van der Waals surface area contributed by atoms with Crippen LogP contribution in [0.1, 0.15) is 41.0 Å². The van der Waals surface area contributed by atoms with E-state index in [-0.39, 0.29) is 18.9 Å². The van der Waals surface area contributed by atoms with Gasteiger partial charge in [-0.2, -0.15) is 5.10 Å². The second kappa shape index (κ2) is 9.64. The number of nitrogens with zero attached hydrogens (tertiary/aromatic N) is 4. The molecule has 8 heteroatoms. The molecule has 40 heavy (non-hydrogen) atoms. The maximum Gasteiger partial charge on any atom is 0.322 e. The van der Waals surface area contributed by atoms with E-state index in [1.54, 1.807) is 6.07 Å². The van der Waals surface area contributed by atoms with E-state index in [1.807, 2.05) is 65.0 Å². The van der Waals surface area contributed by atoms with Gasteiger partial charge >= 0.3 is 6.03 Å². The number of carbonyl (C=O) groups excluding carboxylic acids is 1. The topological polar surface area (TPSA) is 73.6 Å². The molecular formula is C32H29N5O3. The summed E-state index contributed by atoms with van der Waals surface area (Å²) in [5.74, 6) is 2.24. The third-order valence-electron chi connectivity index (χ3n) is 7.68. The van der Waals surface area contributed by atoms with Gasteiger partial charge in [0.1, 0.15) is 5.82 Å². The van der Waals surface area contributed by atoms with E-state index in [0.717, 1.165) is 40.4 Å². The van der Waals surface area contributed by atoms with Crippen molar-refractivity contribution in [1.29, 1.82) is 0 Å². The molecule has 0 saturated carbocycles. The van der Waals surface area contributed by atoms with E-state index in [4.69, 9.17) is 14.6 Å². The molecule has 1 atom stereocenters. The van der Waals surface area contributed by atoms with Crippen molar-refractivity contribution in [2.45, 2.75) is 32.9 Å². The number of aryl methyl sites for hydroxylation is 2. The molecule has 0 fully saturated rings. The Balaban J connectivity index is 1.37. The van der Waals surface area contributed by atoms with Crippen LogP contribution in [-0.4, -0.2) is 32.1 Å². The fourth-order valence-electron chi connectivity index (χ4n) is 5.61. The number of ether oxygens (including phenoxy) is 2. The number of benzene rings is 3. The molecular weight excluding hydrogens is 502 g/mol. The zero-order valence-corrected chi connectivity index (χ0v) is 22.4. The lowest BCUT2D eigenvalue weighted by Gasteiger charge is -2.31. The number of urea groups is 1. The zero-order valence-electron chi connectivity index (χ0n) is 22.4. The van der Waals surface area contributed by atoms with Crippen LogP contribution < -0.4 is 14.8 Å². The Hall–Kier alpha value is -4.98. The second-order valence-corrected chi connectivity index (χ2v) is 10.1. The van der Waals surface area contributed by atoms with E-state index in [2.05, 4.69) is 53.3 Å². The summed E-state index contributed by atoms with van der Waals surface area (Å²) in [6.07, 6.45) is 3.01. The minimum atomic E-state index is -0.328. The van der Waals surface area contributed by atoms with Crippen LogP contribution in [0.2, 0.25) is 0 Å². The van der Waals surface area contributed by atoms with Crippen LogP contribution >= 0.6 is 0 Å². The normalized spacial score (nSPS) is 15.3. The number of amides is 2. The van der Waals surface area contributed by atoms with Crippen LogP contribution in [-0.2, 0) is 13.0 Å². The minimum Gasteiger partial charge on any atom is -0.454 e. The number of carbonyl (C=O) groups is 1. The van der Waals surface area contributed by atoms with E-state index >= 15 is 0 Å². The number of nitrogens with one attached hydrogen (secondary N) is 1. The molecule has 3 aromatic carbocycles. The number of hydrogen-bond acceptors (Lipinski definition) is 4. The molecule has 2 aliphatic heterocycles. The fourth-order valence-corrected chi connectivity index (χ4v) is 5.61. The van der Waals surface area contributed by atoms with Crippen molar-refractivity contribution in [3.63, 3.8) is 0 Å². The number of anilines is 1. The Bertz CT molecular complexity index is 1700. The van der Waals surface area contributed by atoms with Crippen LogP contribution in [0.3, 0.4) is 0 Å². The van der Waals surface area contributed by atoms with Crippen molar-refractivity contribution < 1.29 is 14.3 Å². The van der Waals surface area contributed by atoms with Crippen LogP contribution in [0.25, 0.3) is 11.5 Å². The lowest BCUT2D eigenvalue weighted by Crippen LogP contribution is -2.38. The Labute approximate surface area is 232 Å². The number of fused-ring (bicyclic) bond motifs is 4. The largest absolute Gasteiger partial charge is 0.454 e. The van der Waals surface area contributed by atoms with Gasteiger partial charge in [-0.15, -0.1) is 0 Å². The summed E-state index contributed by atoms with van der Waals surface area (Å²) in [6.45, 7) is 4.71. The first-order chi connectivity index (χ1) is 19.6. The van der Waals surface area contributed by atoms with Gasteiger partial charge in [0.2, 0.25) is 6.79 Å². The van der Waals surface area contributed by atoms with Crippen molar-refractivity contribution in [2.24, 2.45) is 0 Å². The van der Waals surface area contributed by atoms with Gasteiger partial charge in [0, 0.05) is 23.5 Å². The van der Waals surface area contributed by atoms with Gasteiger partial charge in [0.15, 0.2) is 11.5 Å². The summed E-state index contributed by atoms with van der Waals surface area (Å²) in [7, 11) is 0. The van der Waals surface area contributed by atoms with Gasteiger partial charge in [-0.25, -0.2) is 9.48 Å². The molecule has 2 amide bonds. The molecule has 0 aliphatic carbocycles. The molecule has 1 unspecified atom stereocenters. The maximum absolute atomic E-state index is 14.2. The molecule has 5 aromatic rings. The summed E-state index contributed by atoms with van der Waals surface area (Å²) >= 11 is 0. The SMILES string of the molecule is CCc1ccc(C2c3cccn3-c3c(c(C)nn3-c3ccccc3)CN2C(=O)Nc2ccc3c(c2)OCO3)cc1. The number of hydrogen-bond donors (Lipinski definition) is 1. The molecule has 8 nitrogen and oxygen atoms in total. The number of aromatic nitrogens is 3. The van der Waals surface area contributed by atoms with E-state index in [0.29, 0.717) is 23.7 Å². The molecule has 1 N–H and O–H groups in total. The highest BCUT2D eigenvalue weighted by Gasteiger charge is 2.36. The molecule has 0 bridgehead atoms. The van der Waals surface area contributed by atoms with Crippen LogP contribution in [0.4, 0.5) is 10.5 Å².